The summed E-state index contributed by atoms with van der Waals surface area (Å²) in [6.45, 7) is 9.69. The molecule has 0 radical (unpaired) electrons. The summed E-state index contributed by atoms with van der Waals surface area (Å²) in [5.41, 5.74) is 4.95. The Morgan fingerprint density at radius 3 is 2.47 bits per heavy atom. The molecule has 2 aromatic heterocycles. The Morgan fingerprint density at radius 2 is 1.77 bits per heavy atom. The van der Waals surface area contributed by atoms with Crippen LogP contribution >= 0.6 is 12.2 Å². The largest absolute Gasteiger partial charge is 0.346 e. The van der Waals surface area contributed by atoms with Gasteiger partial charge in [-0.05, 0) is 37.2 Å². The lowest BCUT2D eigenvalue weighted by atomic mass is 10.1. The first kappa shape index (κ1) is 20.6. The van der Waals surface area contributed by atoms with Gasteiger partial charge in [0.05, 0.1) is 12.2 Å². The molecule has 0 unspecified atom stereocenters. The van der Waals surface area contributed by atoms with Crippen molar-refractivity contribution >= 4 is 23.1 Å². The van der Waals surface area contributed by atoms with Gasteiger partial charge in [-0.3, -0.25) is 14.3 Å². The summed E-state index contributed by atoms with van der Waals surface area (Å²) in [6, 6.07) is 10.4. The van der Waals surface area contributed by atoms with Crippen molar-refractivity contribution in [3.8, 4) is 0 Å². The van der Waals surface area contributed by atoms with Gasteiger partial charge in [0.2, 0.25) is 0 Å². The quantitative estimate of drug-likeness (QED) is 0.637. The first-order valence-corrected chi connectivity index (χ1v) is 10.7. The van der Waals surface area contributed by atoms with Crippen molar-refractivity contribution in [2.45, 2.75) is 26.9 Å². The lowest BCUT2D eigenvalue weighted by Gasteiger charge is -2.35. The third-order valence-corrected chi connectivity index (χ3v) is 6.00. The maximum absolute atomic E-state index is 5.64. The standard InChI is InChI=1S/C22H29N7S/c1-17-6-4-5-7-19(17)16-29-9-8-21(25-29)23-22(30)28-12-10-27(11-13-28)15-20-14-26(3)24-18(20)2/h4-9,14H,10-13,15-16H2,1-3H3,(H,23,25,30). The molecule has 3 heterocycles. The molecule has 0 saturated carbocycles. The van der Waals surface area contributed by atoms with E-state index in [0.29, 0.717) is 0 Å². The highest BCUT2D eigenvalue weighted by molar-refractivity contribution is 7.80. The number of benzene rings is 1. The molecule has 0 bridgehead atoms. The van der Waals surface area contributed by atoms with Crippen LogP contribution in [0.2, 0.25) is 0 Å². The highest BCUT2D eigenvalue weighted by Gasteiger charge is 2.20. The molecule has 7 nitrogen and oxygen atoms in total. The average molecular weight is 424 g/mol. The molecule has 1 aliphatic rings. The molecule has 1 aliphatic heterocycles. The molecular weight excluding hydrogens is 394 g/mol. The van der Waals surface area contributed by atoms with Crippen molar-refractivity contribution in [3.63, 3.8) is 0 Å². The SMILES string of the molecule is Cc1ccccc1Cn1ccc(NC(=S)N2CCN(Cc3cn(C)nc3C)CC2)n1. The lowest BCUT2D eigenvalue weighted by molar-refractivity contribution is 0.176. The smallest absolute Gasteiger partial charge is 0.174 e. The number of piperazine rings is 1. The number of anilines is 1. The molecule has 1 saturated heterocycles. The minimum Gasteiger partial charge on any atom is -0.346 e. The van der Waals surface area contributed by atoms with Crippen molar-refractivity contribution in [1.82, 2.24) is 29.4 Å². The van der Waals surface area contributed by atoms with Gasteiger partial charge in [-0.25, -0.2) is 0 Å². The van der Waals surface area contributed by atoms with Gasteiger partial charge >= 0.3 is 0 Å². The van der Waals surface area contributed by atoms with Crippen LogP contribution in [-0.4, -0.2) is 60.7 Å². The van der Waals surface area contributed by atoms with Gasteiger partial charge in [0.25, 0.3) is 0 Å². The van der Waals surface area contributed by atoms with Crippen LogP contribution in [0.3, 0.4) is 0 Å². The van der Waals surface area contributed by atoms with Gasteiger partial charge in [-0.2, -0.15) is 10.2 Å². The van der Waals surface area contributed by atoms with Crippen molar-refractivity contribution in [1.29, 1.82) is 0 Å². The second-order valence-corrected chi connectivity index (χ2v) is 8.32. The number of thiocarbonyl (C=S) groups is 1. The van der Waals surface area contributed by atoms with Gasteiger partial charge in [-0.1, -0.05) is 24.3 Å². The number of aromatic nitrogens is 4. The Bertz CT molecular complexity index is 1010. The molecule has 30 heavy (non-hydrogen) atoms. The number of rotatable bonds is 5. The number of nitrogens with one attached hydrogen (secondary N) is 1. The van der Waals surface area contributed by atoms with Crippen molar-refractivity contribution < 1.29 is 0 Å². The molecule has 0 aliphatic carbocycles. The third-order valence-electron chi connectivity index (χ3n) is 5.64. The summed E-state index contributed by atoms with van der Waals surface area (Å²) in [5.74, 6) is 0.794. The summed E-state index contributed by atoms with van der Waals surface area (Å²) < 4.78 is 3.83. The Hall–Kier alpha value is -2.71. The molecule has 1 N–H and O–H groups in total. The highest BCUT2D eigenvalue weighted by atomic mass is 32.1. The Labute approximate surface area is 183 Å². The van der Waals surface area contributed by atoms with Crippen LogP contribution in [0.1, 0.15) is 22.4 Å². The highest BCUT2D eigenvalue weighted by Crippen LogP contribution is 2.14. The summed E-state index contributed by atoms with van der Waals surface area (Å²) in [4.78, 5) is 4.68. The van der Waals surface area contributed by atoms with Crippen molar-refractivity contribution in [2.75, 3.05) is 31.5 Å². The molecule has 0 amide bonds. The van der Waals surface area contributed by atoms with Crippen LogP contribution < -0.4 is 5.32 Å². The monoisotopic (exact) mass is 423 g/mol. The van der Waals surface area contributed by atoms with Crippen molar-refractivity contribution in [2.24, 2.45) is 7.05 Å². The number of hydrogen-bond donors (Lipinski definition) is 1. The van der Waals surface area contributed by atoms with E-state index in [1.807, 2.05) is 28.7 Å². The predicted molar refractivity (Wildman–Crippen MR) is 124 cm³/mol. The minimum atomic E-state index is 0.744. The van der Waals surface area contributed by atoms with Gasteiger partial charge < -0.3 is 10.2 Å². The van der Waals surface area contributed by atoms with Gasteiger partial charge in [0, 0.05) is 63.8 Å². The first-order valence-electron chi connectivity index (χ1n) is 10.3. The fraction of sp³-hybridized carbons (Fsp3) is 0.409. The topological polar surface area (TPSA) is 54.2 Å². The maximum atomic E-state index is 5.64. The Kier molecular flexibility index (Phi) is 6.15. The molecule has 1 fully saturated rings. The van der Waals surface area contributed by atoms with Gasteiger partial charge in [0.15, 0.2) is 10.9 Å². The van der Waals surface area contributed by atoms with Crippen LogP contribution in [0, 0.1) is 13.8 Å². The fourth-order valence-electron chi connectivity index (χ4n) is 3.82. The molecular formula is C22H29N7S. The number of nitrogens with zero attached hydrogens (tertiary/aromatic N) is 6. The average Bonchev–Trinajstić information content (AvgIpc) is 3.29. The van der Waals surface area contributed by atoms with Crippen LogP contribution in [0.25, 0.3) is 0 Å². The maximum Gasteiger partial charge on any atom is 0.174 e. The van der Waals surface area contributed by atoms with Gasteiger partial charge in [0.1, 0.15) is 0 Å². The van der Waals surface area contributed by atoms with E-state index in [9.17, 15) is 0 Å². The van der Waals surface area contributed by atoms with E-state index in [2.05, 4.69) is 69.6 Å². The molecule has 0 atom stereocenters. The summed E-state index contributed by atoms with van der Waals surface area (Å²) in [7, 11) is 1.97. The van der Waals surface area contributed by atoms with Crippen LogP contribution in [0.4, 0.5) is 5.82 Å². The Morgan fingerprint density at radius 1 is 1.00 bits per heavy atom. The fourth-order valence-corrected chi connectivity index (χ4v) is 4.11. The molecule has 8 heteroatoms. The first-order chi connectivity index (χ1) is 14.5. The minimum absolute atomic E-state index is 0.744. The van der Waals surface area contributed by atoms with Crippen LogP contribution in [0.5, 0.6) is 0 Å². The van der Waals surface area contributed by atoms with E-state index in [0.717, 1.165) is 55.9 Å². The molecule has 0 spiro atoms. The van der Waals surface area contributed by atoms with E-state index >= 15 is 0 Å². The van der Waals surface area contributed by atoms with E-state index < -0.39 is 0 Å². The zero-order valence-electron chi connectivity index (χ0n) is 17.9. The predicted octanol–water partition coefficient (Wildman–Crippen LogP) is 2.80. The second kappa shape index (κ2) is 8.97. The molecule has 1 aromatic carbocycles. The third kappa shape index (κ3) is 4.88. The van der Waals surface area contributed by atoms with E-state index in [-0.39, 0.29) is 0 Å². The molecule has 4 rings (SSSR count). The van der Waals surface area contributed by atoms with E-state index in [1.54, 1.807) is 0 Å². The van der Waals surface area contributed by atoms with Crippen LogP contribution in [-0.2, 0) is 20.1 Å². The zero-order valence-corrected chi connectivity index (χ0v) is 18.7. The van der Waals surface area contributed by atoms with Crippen LogP contribution in [0.15, 0.2) is 42.7 Å². The number of aryl methyl sites for hydroxylation is 3. The van der Waals surface area contributed by atoms with E-state index in [4.69, 9.17) is 12.2 Å². The lowest BCUT2D eigenvalue weighted by Crippen LogP contribution is -2.49. The summed E-state index contributed by atoms with van der Waals surface area (Å²) in [5, 5.41) is 13.1. The van der Waals surface area contributed by atoms with E-state index in [1.165, 1.54) is 16.7 Å². The molecule has 3 aromatic rings. The normalized spacial score (nSPS) is 14.8. The summed E-state index contributed by atoms with van der Waals surface area (Å²) >= 11 is 5.64. The Balaban J connectivity index is 1.27. The van der Waals surface area contributed by atoms with Crippen molar-refractivity contribution in [3.05, 3.63) is 65.1 Å². The number of hydrogen-bond acceptors (Lipinski definition) is 4. The second-order valence-electron chi connectivity index (χ2n) is 7.93. The van der Waals surface area contributed by atoms with Gasteiger partial charge in [-0.15, -0.1) is 0 Å². The molecule has 158 valence electrons. The zero-order chi connectivity index (χ0) is 21.1. The summed E-state index contributed by atoms with van der Waals surface area (Å²) in [6.07, 6.45) is 4.10.